The van der Waals surface area contributed by atoms with Crippen molar-refractivity contribution in [3.63, 3.8) is 0 Å². The first kappa shape index (κ1) is 18.4. The van der Waals surface area contributed by atoms with Crippen LogP contribution in [0.1, 0.15) is 0 Å². The fourth-order valence-electron chi connectivity index (χ4n) is 1.89. The maximum atomic E-state index is 12.3. The Morgan fingerprint density at radius 3 is 2.29 bits per heavy atom. The molecule has 2 aromatic rings. The van der Waals surface area contributed by atoms with Crippen LogP contribution in [0.15, 0.2) is 47.4 Å². The van der Waals surface area contributed by atoms with E-state index in [2.05, 4.69) is 9.44 Å². The Hall–Kier alpha value is -1.97. The molecule has 0 aromatic heterocycles. The highest BCUT2D eigenvalue weighted by Gasteiger charge is 2.16. The third-order valence-electron chi connectivity index (χ3n) is 2.86. The van der Waals surface area contributed by atoms with E-state index in [1.54, 1.807) is 6.07 Å². The third kappa shape index (κ3) is 4.76. The van der Waals surface area contributed by atoms with E-state index in [0.717, 1.165) is 6.26 Å². The van der Waals surface area contributed by atoms with Gasteiger partial charge in [-0.05, 0) is 30.3 Å². The summed E-state index contributed by atoms with van der Waals surface area (Å²) in [6.45, 7) is 0. The first-order chi connectivity index (χ1) is 11.1. The smallest absolute Gasteiger partial charge is 0.261 e. The summed E-state index contributed by atoms with van der Waals surface area (Å²) in [5.41, 5.74) is 0.414. The predicted octanol–water partition coefficient (Wildman–Crippen LogP) is 2.52. The van der Waals surface area contributed by atoms with Crippen molar-refractivity contribution in [1.29, 1.82) is 0 Å². The summed E-state index contributed by atoms with van der Waals surface area (Å²) >= 11 is 5.81. The van der Waals surface area contributed by atoms with Gasteiger partial charge in [-0.3, -0.25) is 9.44 Å². The summed E-state index contributed by atoms with van der Waals surface area (Å²) in [5.74, 6) is 0.173. The zero-order valence-corrected chi connectivity index (χ0v) is 15.2. The molecule has 24 heavy (non-hydrogen) atoms. The average Bonchev–Trinajstić information content (AvgIpc) is 2.47. The number of hydrogen-bond acceptors (Lipinski definition) is 5. The zero-order chi connectivity index (χ0) is 18.0. The number of sulfonamides is 2. The Labute approximate surface area is 145 Å². The molecule has 0 fully saturated rings. The number of halogens is 1. The number of ether oxygens (including phenoxy) is 1. The fraction of sp³-hybridized carbons (Fsp3) is 0.143. The van der Waals surface area contributed by atoms with Crippen molar-refractivity contribution < 1.29 is 21.6 Å². The standard InChI is InChI=1S/C14H15ClN2O5S2/c1-22-14-9-11(6-7-13(14)17-23(2,18)19)16-24(20,21)12-5-3-4-10(15)8-12/h3-9,16-17H,1-2H3. The van der Waals surface area contributed by atoms with E-state index in [0.29, 0.717) is 5.02 Å². The minimum absolute atomic E-state index is 0.00676. The van der Waals surface area contributed by atoms with Gasteiger partial charge in [-0.2, -0.15) is 0 Å². The van der Waals surface area contributed by atoms with Crippen molar-refractivity contribution in [2.24, 2.45) is 0 Å². The van der Waals surface area contributed by atoms with Gasteiger partial charge in [0.15, 0.2) is 0 Å². The summed E-state index contributed by atoms with van der Waals surface area (Å²) in [7, 11) is -5.98. The largest absolute Gasteiger partial charge is 0.494 e. The predicted molar refractivity (Wildman–Crippen MR) is 93.7 cm³/mol. The van der Waals surface area contributed by atoms with Crippen LogP contribution in [0.4, 0.5) is 11.4 Å². The fourth-order valence-corrected chi connectivity index (χ4v) is 3.81. The van der Waals surface area contributed by atoms with E-state index >= 15 is 0 Å². The van der Waals surface area contributed by atoms with Crippen molar-refractivity contribution in [2.45, 2.75) is 4.90 Å². The van der Waals surface area contributed by atoms with E-state index in [-0.39, 0.29) is 22.0 Å². The highest BCUT2D eigenvalue weighted by Crippen LogP contribution is 2.30. The summed E-state index contributed by atoms with van der Waals surface area (Å²) in [6, 6.07) is 10.0. The van der Waals surface area contributed by atoms with E-state index < -0.39 is 20.0 Å². The minimum atomic E-state index is -3.84. The normalized spacial score (nSPS) is 11.8. The van der Waals surface area contributed by atoms with Crippen molar-refractivity contribution in [1.82, 2.24) is 0 Å². The van der Waals surface area contributed by atoms with Crippen LogP contribution >= 0.6 is 11.6 Å². The molecule has 2 rings (SSSR count). The second kappa shape index (κ2) is 6.88. The molecule has 0 heterocycles. The molecule has 0 saturated heterocycles. The van der Waals surface area contributed by atoms with Crippen LogP contribution in [0.2, 0.25) is 5.02 Å². The molecule has 0 amide bonds. The highest BCUT2D eigenvalue weighted by molar-refractivity contribution is 7.92. The molecule has 0 spiro atoms. The maximum absolute atomic E-state index is 12.3. The first-order valence-corrected chi connectivity index (χ1v) is 10.3. The highest BCUT2D eigenvalue weighted by atomic mass is 35.5. The Morgan fingerprint density at radius 2 is 1.71 bits per heavy atom. The second-order valence-corrected chi connectivity index (χ2v) is 8.72. The van der Waals surface area contributed by atoms with Crippen LogP contribution in [0.25, 0.3) is 0 Å². The zero-order valence-electron chi connectivity index (χ0n) is 12.8. The van der Waals surface area contributed by atoms with Crippen LogP contribution in [-0.2, 0) is 20.0 Å². The lowest BCUT2D eigenvalue weighted by Gasteiger charge is -2.13. The van der Waals surface area contributed by atoms with Crippen molar-refractivity contribution in [3.8, 4) is 5.75 Å². The van der Waals surface area contributed by atoms with Gasteiger partial charge in [0, 0.05) is 11.1 Å². The minimum Gasteiger partial charge on any atom is -0.494 e. The number of rotatable bonds is 6. The third-order valence-corrected chi connectivity index (χ3v) is 5.06. The molecule has 0 bridgehead atoms. The Bertz CT molecular complexity index is 959. The van der Waals surface area contributed by atoms with Gasteiger partial charge in [-0.1, -0.05) is 17.7 Å². The van der Waals surface area contributed by atoms with E-state index in [1.165, 1.54) is 43.5 Å². The maximum Gasteiger partial charge on any atom is 0.261 e. The molecular weight excluding hydrogens is 376 g/mol. The lowest BCUT2D eigenvalue weighted by atomic mass is 10.2. The SMILES string of the molecule is COc1cc(NS(=O)(=O)c2cccc(Cl)c2)ccc1NS(C)(=O)=O. The quantitative estimate of drug-likeness (QED) is 0.789. The van der Waals surface area contributed by atoms with Crippen LogP contribution < -0.4 is 14.2 Å². The summed E-state index contributed by atoms with van der Waals surface area (Å²) in [6.07, 6.45) is 1.00. The van der Waals surface area contributed by atoms with Crippen LogP contribution in [0.5, 0.6) is 5.75 Å². The van der Waals surface area contributed by atoms with Gasteiger partial charge in [0.2, 0.25) is 10.0 Å². The second-order valence-electron chi connectivity index (χ2n) is 4.85. The van der Waals surface area contributed by atoms with E-state index in [4.69, 9.17) is 16.3 Å². The van der Waals surface area contributed by atoms with Crippen molar-refractivity contribution in [3.05, 3.63) is 47.5 Å². The van der Waals surface area contributed by atoms with Crippen LogP contribution in [0, 0.1) is 0 Å². The van der Waals surface area contributed by atoms with Crippen LogP contribution in [0.3, 0.4) is 0 Å². The van der Waals surface area contributed by atoms with Crippen LogP contribution in [-0.4, -0.2) is 30.2 Å². The average molecular weight is 391 g/mol. The number of benzene rings is 2. The van der Waals surface area contributed by atoms with E-state index in [9.17, 15) is 16.8 Å². The molecule has 0 aliphatic heterocycles. The van der Waals surface area contributed by atoms with E-state index in [1.807, 2.05) is 0 Å². The molecule has 0 atom stereocenters. The lowest BCUT2D eigenvalue weighted by molar-refractivity contribution is 0.417. The number of methoxy groups -OCH3 is 1. The van der Waals surface area contributed by atoms with Crippen molar-refractivity contribution in [2.75, 3.05) is 22.8 Å². The summed E-state index contributed by atoms with van der Waals surface area (Å²) in [4.78, 5) is 0.00676. The molecule has 0 aliphatic carbocycles. The topological polar surface area (TPSA) is 102 Å². The summed E-state index contributed by atoms with van der Waals surface area (Å²) < 4.78 is 57.1. The first-order valence-electron chi connectivity index (χ1n) is 6.55. The molecule has 2 aromatic carbocycles. The molecule has 2 N–H and O–H groups in total. The Morgan fingerprint density at radius 1 is 1.00 bits per heavy atom. The van der Waals surface area contributed by atoms with Gasteiger partial charge in [-0.25, -0.2) is 16.8 Å². The summed E-state index contributed by atoms with van der Waals surface area (Å²) in [5, 5.41) is 0.295. The van der Waals surface area contributed by atoms with Gasteiger partial charge in [0.25, 0.3) is 10.0 Å². The van der Waals surface area contributed by atoms with Gasteiger partial charge in [0.1, 0.15) is 5.75 Å². The molecule has 0 aliphatic rings. The monoisotopic (exact) mass is 390 g/mol. The molecule has 0 unspecified atom stereocenters. The molecule has 0 radical (unpaired) electrons. The molecule has 7 nitrogen and oxygen atoms in total. The molecule has 10 heteroatoms. The molecular formula is C14H15ClN2O5S2. The van der Waals surface area contributed by atoms with Gasteiger partial charge >= 0.3 is 0 Å². The Kier molecular flexibility index (Phi) is 5.26. The Balaban J connectivity index is 2.33. The van der Waals surface area contributed by atoms with Gasteiger partial charge in [0.05, 0.1) is 29.6 Å². The van der Waals surface area contributed by atoms with Gasteiger partial charge in [-0.15, -0.1) is 0 Å². The van der Waals surface area contributed by atoms with Gasteiger partial charge < -0.3 is 4.74 Å². The lowest BCUT2D eigenvalue weighted by Crippen LogP contribution is -2.14. The van der Waals surface area contributed by atoms with Crippen molar-refractivity contribution >= 4 is 43.0 Å². The number of hydrogen-bond donors (Lipinski definition) is 2. The number of nitrogens with one attached hydrogen (secondary N) is 2. The molecule has 0 saturated carbocycles. The number of anilines is 2. The molecule has 130 valence electrons.